The molecule has 1 aliphatic heterocycles. The fourth-order valence-corrected chi connectivity index (χ4v) is 5.35. The first kappa shape index (κ1) is 22.0. The number of aromatic nitrogens is 2. The molecule has 0 spiro atoms. The number of nitrogens with zero attached hydrogens (tertiary/aromatic N) is 3. The van der Waals surface area contributed by atoms with Crippen LogP contribution in [0.1, 0.15) is 57.1 Å². The van der Waals surface area contributed by atoms with Gasteiger partial charge in [-0.3, -0.25) is 18.9 Å². The zero-order chi connectivity index (χ0) is 22.1. The van der Waals surface area contributed by atoms with E-state index in [1.807, 2.05) is 19.1 Å². The molecule has 0 radical (unpaired) electrons. The molecule has 0 bridgehead atoms. The van der Waals surface area contributed by atoms with Crippen molar-refractivity contribution < 1.29 is 4.79 Å². The third-order valence-electron chi connectivity index (χ3n) is 5.65. The molecule has 1 saturated heterocycles. The van der Waals surface area contributed by atoms with Crippen LogP contribution in [0.15, 0.2) is 28.0 Å². The number of amides is 1. The number of hydrogen-bond acceptors (Lipinski definition) is 6. The molecule has 2 fully saturated rings. The minimum atomic E-state index is -0.180. The Morgan fingerprint density at radius 2 is 2.00 bits per heavy atom. The van der Waals surface area contributed by atoms with Crippen molar-refractivity contribution in [3.8, 4) is 0 Å². The quantitative estimate of drug-likeness (QED) is 0.524. The Balaban J connectivity index is 1.79. The highest BCUT2D eigenvalue weighted by atomic mass is 32.2. The monoisotopic (exact) mass is 456 g/mol. The highest BCUT2D eigenvalue weighted by molar-refractivity contribution is 8.26. The average Bonchev–Trinajstić information content (AvgIpc) is 2.99. The number of pyridine rings is 1. The smallest absolute Gasteiger partial charge is 0.267 e. The Morgan fingerprint density at radius 3 is 2.71 bits per heavy atom. The van der Waals surface area contributed by atoms with Crippen LogP contribution in [0, 0.1) is 12.8 Å². The summed E-state index contributed by atoms with van der Waals surface area (Å²) in [6, 6.07) is 4.09. The molecule has 3 heterocycles. The zero-order valence-electron chi connectivity index (χ0n) is 18.2. The van der Waals surface area contributed by atoms with Gasteiger partial charge in [-0.25, -0.2) is 4.98 Å². The van der Waals surface area contributed by atoms with Gasteiger partial charge in [0.25, 0.3) is 11.5 Å². The van der Waals surface area contributed by atoms with E-state index < -0.39 is 0 Å². The van der Waals surface area contributed by atoms with Crippen molar-refractivity contribution >= 4 is 51.7 Å². The van der Waals surface area contributed by atoms with Crippen LogP contribution in [-0.4, -0.2) is 37.1 Å². The number of fused-ring (bicyclic) bond motifs is 1. The van der Waals surface area contributed by atoms with E-state index in [9.17, 15) is 9.59 Å². The van der Waals surface area contributed by atoms with E-state index >= 15 is 0 Å². The summed E-state index contributed by atoms with van der Waals surface area (Å²) in [5, 5.41) is 3.50. The highest BCUT2D eigenvalue weighted by Crippen LogP contribution is 2.34. The fraction of sp³-hybridized carbons (Fsp3) is 0.478. The van der Waals surface area contributed by atoms with E-state index in [2.05, 4.69) is 19.2 Å². The normalized spacial score (nSPS) is 19.2. The highest BCUT2D eigenvalue weighted by Gasteiger charge is 2.33. The first-order valence-corrected chi connectivity index (χ1v) is 12.1. The molecule has 0 atom stereocenters. The predicted octanol–water partition coefficient (Wildman–Crippen LogP) is 4.60. The molecule has 0 unspecified atom stereocenters. The molecule has 1 saturated carbocycles. The van der Waals surface area contributed by atoms with Crippen LogP contribution in [0.3, 0.4) is 0 Å². The van der Waals surface area contributed by atoms with Crippen molar-refractivity contribution in [2.45, 2.75) is 58.9 Å². The summed E-state index contributed by atoms with van der Waals surface area (Å²) in [5.74, 6) is 0.720. The minimum absolute atomic E-state index is 0.138. The molecule has 31 heavy (non-hydrogen) atoms. The lowest BCUT2D eigenvalue weighted by Gasteiger charge is -2.24. The minimum Gasteiger partial charge on any atom is -0.367 e. The summed E-state index contributed by atoms with van der Waals surface area (Å²) in [5.41, 5.74) is 1.80. The van der Waals surface area contributed by atoms with Crippen LogP contribution in [0.5, 0.6) is 0 Å². The van der Waals surface area contributed by atoms with E-state index in [1.165, 1.54) is 31.0 Å². The van der Waals surface area contributed by atoms with Gasteiger partial charge in [0, 0.05) is 18.8 Å². The lowest BCUT2D eigenvalue weighted by molar-refractivity contribution is -0.122. The second-order valence-corrected chi connectivity index (χ2v) is 10.5. The van der Waals surface area contributed by atoms with E-state index in [4.69, 9.17) is 17.2 Å². The van der Waals surface area contributed by atoms with Crippen molar-refractivity contribution in [3.63, 3.8) is 0 Å². The summed E-state index contributed by atoms with van der Waals surface area (Å²) in [6.45, 7) is 6.62. The lowest BCUT2D eigenvalue weighted by Crippen LogP contribution is -2.31. The first-order chi connectivity index (χ1) is 14.8. The van der Waals surface area contributed by atoms with E-state index in [0.717, 1.165) is 18.4 Å². The molecule has 1 N–H and O–H groups in total. The second kappa shape index (κ2) is 9.12. The van der Waals surface area contributed by atoms with Crippen molar-refractivity contribution in [3.05, 3.63) is 44.7 Å². The van der Waals surface area contributed by atoms with Gasteiger partial charge < -0.3 is 5.32 Å². The Bertz CT molecular complexity index is 1120. The summed E-state index contributed by atoms with van der Waals surface area (Å²) >= 11 is 6.69. The molecule has 164 valence electrons. The van der Waals surface area contributed by atoms with Crippen LogP contribution < -0.4 is 10.9 Å². The summed E-state index contributed by atoms with van der Waals surface area (Å²) < 4.78 is 2.10. The summed E-state index contributed by atoms with van der Waals surface area (Å²) in [4.78, 5) is 33.3. The molecule has 6 nitrogen and oxygen atoms in total. The van der Waals surface area contributed by atoms with Gasteiger partial charge in [0.15, 0.2) is 0 Å². The van der Waals surface area contributed by atoms with Crippen molar-refractivity contribution in [1.29, 1.82) is 0 Å². The van der Waals surface area contributed by atoms with Crippen molar-refractivity contribution in [1.82, 2.24) is 14.3 Å². The van der Waals surface area contributed by atoms with E-state index in [0.29, 0.717) is 38.7 Å². The molecular formula is C23H28N4O2S2. The van der Waals surface area contributed by atoms with Crippen LogP contribution in [0.25, 0.3) is 11.7 Å². The number of nitrogens with one attached hydrogen (secondary N) is 1. The number of thiocarbonyl (C=S) groups is 1. The summed E-state index contributed by atoms with van der Waals surface area (Å²) in [7, 11) is 0. The van der Waals surface area contributed by atoms with Crippen LogP contribution in [0.2, 0.25) is 0 Å². The van der Waals surface area contributed by atoms with Gasteiger partial charge in [-0.1, -0.05) is 63.2 Å². The maximum Gasteiger partial charge on any atom is 0.267 e. The first-order valence-electron chi connectivity index (χ1n) is 10.9. The van der Waals surface area contributed by atoms with Gasteiger partial charge in [-0.15, -0.1) is 0 Å². The molecule has 2 aliphatic rings. The maximum atomic E-state index is 13.4. The molecule has 2 aromatic heterocycles. The van der Waals surface area contributed by atoms with Crippen LogP contribution >= 0.6 is 24.0 Å². The number of carbonyl (C=O) groups is 1. The molecular weight excluding hydrogens is 428 g/mol. The molecule has 0 aromatic carbocycles. The number of rotatable bonds is 5. The number of carbonyl (C=O) groups excluding carboxylic acids is 1. The zero-order valence-corrected chi connectivity index (χ0v) is 19.8. The van der Waals surface area contributed by atoms with Gasteiger partial charge in [-0.2, -0.15) is 0 Å². The lowest BCUT2D eigenvalue weighted by atomic mass is 9.95. The maximum absolute atomic E-state index is 13.4. The molecule has 4 rings (SSSR count). The third kappa shape index (κ3) is 4.70. The molecule has 2 aromatic rings. The van der Waals surface area contributed by atoms with Gasteiger partial charge in [0.05, 0.1) is 10.5 Å². The van der Waals surface area contributed by atoms with Gasteiger partial charge in [0.1, 0.15) is 15.8 Å². The molecule has 1 amide bonds. The number of hydrogen-bond donors (Lipinski definition) is 1. The topological polar surface area (TPSA) is 66.7 Å². The van der Waals surface area contributed by atoms with Gasteiger partial charge in [-0.05, 0) is 43.4 Å². The second-order valence-electron chi connectivity index (χ2n) is 8.78. The SMILES string of the molecule is Cc1ccc2nc(NC3CCCCC3)c(C=C3SC(=S)N(CC(C)C)C3=O)c(=O)n2c1. The van der Waals surface area contributed by atoms with E-state index in [-0.39, 0.29) is 17.5 Å². The number of anilines is 1. The third-order valence-corrected chi connectivity index (χ3v) is 7.03. The van der Waals surface area contributed by atoms with Crippen molar-refractivity contribution in [2.24, 2.45) is 5.92 Å². The van der Waals surface area contributed by atoms with Crippen LogP contribution in [0.4, 0.5) is 5.82 Å². The fourth-order valence-electron chi connectivity index (χ4n) is 4.09. The van der Waals surface area contributed by atoms with E-state index in [1.54, 1.807) is 21.6 Å². The van der Waals surface area contributed by atoms with Crippen LogP contribution in [-0.2, 0) is 4.79 Å². The number of thioether (sulfide) groups is 1. The Labute approximate surface area is 192 Å². The average molecular weight is 457 g/mol. The van der Waals surface area contributed by atoms with Gasteiger partial charge >= 0.3 is 0 Å². The Morgan fingerprint density at radius 1 is 1.26 bits per heavy atom. The molecule has 1 aliphatic carbocycles. The molecule has 8 heteroatoms. The Kier molecular flexibility index (Phi) is 6.48. The number of aryl methyl sites for hydroxylation is 1. The Hall–Kier alpha value is -2.19. The van der Waals surface area contributed by atoms with Crippen molar-refractivity contribution in [2.75, 3.05) is 11.9 Å². The predicted molar refractivity (Wildman–Crippen MR) is 131 cm³/mol. The summed E-state index contributed by atoms with van der Waals surface area (Å²) in [6.07, 6.45) is 9.18. The van der Waals surface area contributed by atoms with Gasteiger partial charge in [0.2, 0.25) is 0 Å². The standard InChI is InChI=1S/C23H28N4O2S2/c1-14(2)12-27-22(29)18(31-23(27)30)11-17-20(24-16-7-5-4-6-8-16)25-19-10-9-15(3)13-26(19)21(17)28/h9-11,13-14,16,24H,4-8,12H2,1-3H3. The largest absolute Gasteiger partial charge is 0.367 e.